The molecule has 8 nitrogen and oxygen atoms in total. The van der Waals surface area contributed by atoms with Crippen LogP contribution >= 0.6 is 11.8 Å². The minimum Gasteiger partial charge on any atom is -0.469 e. The van der Waals surface area contributed by atoms with E-state index in [1.807, 2.05) is 13.8 Å². The summed E-state index contributed by atoms with van der Waals surface area (Å²) in [4.78, 5) is 26.2. The molecule has 0 unspecified atom stereocenters. The summed E-state index contributed by atoms with van der Waals surface area (Å²) in [6.07, 6.45) is 1.55. The molecule has 29 heavy (non-hydrogen) atoms. The van der Waals surface area contributed by atoms with Gasteiger partial charge in [0, 0.05) is 24.3 Å². The fourth-order valence-corrected chi connectivity index (χ4v) is 3.26. The average molecular weight is 414 g/mol. The molecule has 0 fully saturated rings. The van der Waals surface area contributed by atoms with E-state index in [2.05, 4.69) is 15.5 Å². The van der Waals surface area contributed by atoms with Gasteiger partial charge >= 0.3 is 0 Å². The van der Waals surface area contributed by atoms with Gasteiger partial charge < -0.3 is 19.1 Å². The Morgan fingerprint density at radius 1 is 1.10 bits per heavy atom. The molecule has 2 amide bonds. The molecule has 0 aliphatic rings. The second-order valence-electron chi connectivity index (χ2n) is 6.16. The lowest BCUT2D eigenvalue weighted by atomic mass is 10.2. The van der Waals surface area contributed by atoms with Gasteiger partial charge in [0.05, 0.1) is 17.6 Å². The number of anilines is 1. The van der Waals surface area contributed by atoms with Crippen LogP contribution in [0.25, 0.3) is 11.5 Å². The lowest BCUT2D eigenvalue weighted by Gasteiger charge is -2.18. The van der Waals surface area contributed by atoms with E-state index in [4.69, 9.17) is 8.83 Å². The van der Waals surface area contributed by atoms with Gasteiger partial charge in [-0.05, 0) is 51.1 Å². The predicted octanol–water partition coefficient (Wildman–Crippen LogP) is 3.85. The first-order chi connectivity index (χ1) is 14.0. The summed E-state index contributed by atoms with van der Waals surface area (Å²) in [6, 6.07) is 8.60. The fraction of sp³-hybridized carbons (Fsp3) is 0.300. The topological polar surface area (TPSA) is 101 Å². The third kappa shape index (κ3) is 5.05. The molecule has 3 rings (SSSR count). The Bertz CT molecular complexity index is 977. The molecule has 1 aromatic carbocycles. The van der Waals surface area contributed by atoms with Gasteiger partial charge in [-0.1, -0.05) is 11.8 Å². The molecule has 3 aromatic rings. The molecule has 0 aliphatic heterocycles. The van der Waals surface area contributed by atoms with Crippen LogP contribution in [0.1, 0.15) is 30.0 Å². The predicted molar refractivity (Wildman–Crippen MR) is 110 cm³/mol. The van der Waals surface area contributed by atoms with E-state index in [0.29, 0.717) is 41.2 Å². The van der Waals surface area contributed by atoms with Gasteiger partial charge in [0.15, 0.2) is 0 Å². The van der Waals surface area contributed by atoms with E-state index in [-0.39, 0.29) is 17.6 Å². The van der Waals surface area contributed by atoms with Gasteiger partial charge in [0.2, 0.25) is 5.91 Å². The highest BCUT2D eigenvalue weighted by Crippen LogP contribution is 2.26. The first-order valence-electron chi connectivity index (χ1n) is 9.21. The highest BCUT2D eigenvalue weighted by Gasteiger charge is 2.15. The lowest BCUT2D eigenvalue weighted by molar-refractivity contribution is -0.113. The van der Waals surface area contributed by atoms with Crippen molar-refractivity contribution in [2.75, 3.05) is 24.2 Å². The number of furan rings is 1. The molecule has 0 radical (unpaired) electrons. The maximum absolute atomic E-state index is 12.3. The number of hydrogen-bond acceptors (Lipinski definition) is 7. The third-order valence-corrected chi connectivity index (χ3v) is 5.11. The number of aromatic nitrogens is 2. The Hall–Kier alpha value is -3.07. The Morgan fingerprint density at radius 3 is 2.45 bits per heavy atom. The summed E-state index contributed by atoms with van der Waals surface area (Å²) in [6.45, 7) is 7.00. The monoisotopic (exact) mass is 414 g/mol. The van der Waals surface area contributed by atoms with E-state index < -0.39 is 0 Å². The van der Waals surface area contributed by atoms with Crippen LogP contribution in [0.3, 0.4) is 0 Å². The van der Waals surface area contributed by atoms with Crippen molar-refractivity contribution < 1.29 is 18.4 Å². The van der Waals surface area contributed by atoms with Gasteiger partial charge in [-0.2, -0.15) is 0 Å². The molecular formula is C20H22N4O4S. The van der Waals surface area contributed by atoms with Crippen molar-refractivity contribution in [3.05, 3.63) is 47.9 Å². The maximum Gasteiger partial charge on any atom is 0.277 e. The van der Waals surface area contributed by atoms with Crippen LogP contribution in [0.4, 0.5) is 5.69 Å². The Balaban J connectivity index is 1.53. The number of rotatable bonds is 8. The van der Waals surface area contributed by atoms with Crippen molar-refractivity contribution in [1.29, 1.82) is 0 Å². The van der Waals surface area contributed by atoms with Crippen LogP contribution in [0.5, 0.6) is 0 Å². The highest BCUT2D eigenvalue weighted by atomic mass is 32.2. The highest BCUT2D eigenvalue weighted by molar-refractivity contribution is 7.99. The van der Waals surface area contributed by atoms with Gasteiger partial charge in [-0.15, -0.1) is 10.2 Å². The smallest absolute Gasteiger partial charge is 0.277 e. The van der Waals surface area contributed by atoms with Crippen molar-refractivity contribution in [2.24, 2.45) is 0 Å². The third-order valence-electron chi connectivity index (χ3n) is 4.29. The molecule has 152 valence electrons. The van der Waals surface area contributed by atoms with E-state index in [9.17, 15) is 9.59 Å². The fourth-order valence-electron chi connectivity index (χ4n) is 2.70. The van der Waals surface area contributed by atoms with E-state index in [1.165, 1.54) is 0 Å². The zero-order valence-electron chi connectivity index (χ0n) is 16.5. The van der Waals surface area contributed by atoms with Gasteiger partial charge in [0.25, 0.3) is 17.0 Å². The Labute approximate surface area is 172 Å². The number of benzene rings is 1. The minimum atomic E-state index is -0.211. The number of nitrogens with zero attached hydrogens (tertiary/aromatic N) is 3. The first-order valence-corrected chi connectivity index (χ1v) is 10.2. The molecule has 0 aliphatic carbocycles. The first kappa shape index (κ1) is 20.7. The van der Waals surface area contributed by atoms with Crippen LogP contribution in [0.15, 0.2) is 50.7 Å². The molecule has 1 N–H and O–H groups in total. The number of nitrogens with one attached hydrogen (secondary N) is 1. The number of thioether (sulfide) groups is 1. The van der Waals surface area contributed by atoms with Crippen molar-refractivity contribution in [2.45, 2.75) is 26.0 Å². The van der Waals surface area contributed by atoms with Crippen LogP contribution < -0.4 is 5.32 Å². The summed E-state index contributed by atoms with van der Waals surface area (Å²) in [5.74, 6) is 0.922. The zero-order valence-corrected chi connectivity index (χ0v) is 17.3. The van der Waals surface area contributed by atoms with Crippen LogP contribution in [-0.4, -0.2) is 45.8 Å². The molecule has 0 atom stereocenters. The van der Waals surface area contributed by atoms with Crippen LogP contribution in [0.2, 0.25) is 0 Å². The molecule has 2 heterocycles. The molecular weight excluding hydrogens is 392 g/mol. The molecule has 9 heteroatoms. The standard InChI is InChI=1S/C20H22N4O4S/c1-4-24(5-2)19(26)14-6-8-15(9-7-14)21-17(25)12-29-20-23-22-18(28-20)16-10-11-27-13(16)3/h6-11H,4-5,12H2,1-3H3,(H,21,25). The largest absolute Gasteiger partial charge is 0.469 e. The summed E-state index contributed by atoms with van der Waals surface area (Å²) < 4.78 is 10.8. The SMILES string of the molecule is CCN(CC)C(=O)c1ccc(NC(=O)CSc2nnc(-c3ccoc3C)o2)cc1. The number of aryl methyl sites for hydroxylation is 1. The summed E-state index contributed by atoms with van der Waals surface area (Å²) in [5, 5.41) is 11.0. The van der Waals surface area contributed by atoms with Gasteiger partial charge in [0.1, 0.15) is 5.76 Å². The van der Waals surface area contributed by atoms with Crippen molar-refractivity contribution in [3.8, 4) is 11.5 Å². The number of amides is 2. The minimum absolute atomic E-state index is 0.0245. The van der Waals surface area contributed by atoms with E-state index >= 15 is 0 Å². The molecule has 0 saturated heterocycles. The molecule has 0 saturated carbocycles. The molecule has 2 aromatic heterocycles. The average Bonchev–Trinajstić information content (AvgIpc) is 3.36. The second kappa shape index (κ2) is 9.42. The summed E-state index contributed by atoms with van der Waals surface area (Å²) >= 11 is 1.15. The number of carbonyl (C=O) groups excluding carboxylic acids is 2. The van der Waals surface area contributed by atoms with E-state index in [0.717, 1.165) is 17.3 Å². The number of carbonyl (C=O) groups is 2. The van der Waals surface area contributed by atoms with Gasteiger partial charge in [-0.3, -0.25) is 9.59 Å². The summed E-state index contributed by atoms with van der Waals surface area (Å²) in [7, 11) is 0. The van der Waals surface area contributed by atoms with Crippen molar-refractivity contribution in [1.82, 2.24) is 15.1 Å². The molecule has 0 bridgehead atoms. The quantitative estimate of drug-likeness (QED) is 0.559. The Kier molecular flexibility index (Phi) is 6.71. The zero-order chi connectivity index (χ0) is 20.8. The van der Waals surface area contributed by atoms with Crippen molar-refractivity contribution >= 4 is 29.3 Å². The van der Waals surface area contributed by atoms with Crippen LogP contribution in [-0.2, 0) is 4.79 Å². The molecule has 0 spiro atoms. The maximum atomic E-state index is 12.3. The summed E-state index contributed by atoms with van der Waals surface area (Å²) in [5.41, 5.74) is 1.94. The van der Waals surface area contributed by atoms with Gasteiger partial charge in [-0.25, -0.2) is 0 Å². The van der Waals surface area contributed by atoms with E-state index in [1.54, 1.807) is 48.4 Å². The Morgan fingerprint density at radius 2 is 1.83 bits per heavy atom. The number of hydrogen-bond donors (Lipinski definition) is 1. The lowest BCUT2D eigenvalue weighted by Crippen LogP contribution is -2.30. The van der Waals surface area contributed by atoms with Crippen LogP contribution in [0, 0.1) is 6.92 Å². The van der Waals surface area contributed by atoms with Crippen molar-refractivity contribution in [3.63, 3.8) is 0 Å². The second-order valence-corrected chi connectivity index (χ2v) is 7.08. The normalized spacial score (nSPS) is 10.7.